The van der Waals surface area contributed by atoms with E-state index < -0.39 is 12.2 Å². The van der Waals surface area contributed by atoms with Gasteiger partial charge in [0.05, 0.1) is 0 Å². The molecule has 28 heavy (non-hydrogen) atoms. The van der Waals surface area contributed by atoms with E-state index in [2.05, 4.69) is 13.8 Å². The molecule has 0 aromatic heterocycles. The van der Waals surface area contributed by atoms with Crippen LogP contribution in [0.2, 0.25) is 0 Å². The zero-order valence-corrected chi connectivity index (χ0v) is 17.0. The fourth-order valence-corrected chi connectivity index (χ4v) is 9.60. The Balaban J connectivity index is 0.984. The molecule has 2 spiro atoms. The first-order valence-electron chi connectivity index (χ1n) is 11.8. The lowest BCUT2D eigenvalue weighted by molar-refractivity contribution is -0.142. The molecule has 0 heterocycles. The molecule has 0 radical (unpaired) electrons. The van der Waals surface area contributed by atoms with Crippen molar-refractivity contribution in [1.82, 2.24) is 0 Å². The molecule has 0 aliphatic heterocycles. The molecule has 7 rings (SSSR count). The Morgan fingerprint density at radius 3 is 1.32 bits per heavy atom. The first kappa shape index (κ1) is 17.0. The van der Waals surface area contributed by atoms with Gasteiger partial charge in [0.1, 0.15) is 12.2 Å². The Kier molecular flexibility index (Phi) is 2.71. The van der Waals surface area contributed by atoms with Gasteiger partial charge >= 0.3 is 0 Å². The van der Waals surface area contributed by atoms with Crippen molar-refractivity contribution in [3.63, 3.8) is 0 Å². The van der Waals surface area contributed by atoms with E-state index in [4.69, 9.17) is 0 Å². The van der Waals surface area contributed by atoms with Gasteiger partial charge < -0.3 is 10.2 Å². The summed E-state index contributed by atoms with van der Waals surface area (Å²) in [6, 6.07) is 0. The minimum Gasteiger partial charge on any atom is -0.385 e. The Hall–Kier alpha value is -0.740. The van der Waals surface area contributed by atoms with Crippen molar-refractivity contribution >= 4 is 11.6 Å². The number of aliphatic hydroxyl groups is 2. The topological polar surface area (TPSA) is 74.6 Å². The quantitative estimate of drug-likeness (QED) is 0.675. The molecule has 0 aromatic carbocycles. The third kappa shape index (κ3) is 1.39. The molecule has 0 aromatic rings. The van der Waals surface area contributed by atoms with E-state index in [9.17, 15) is 19.8 Å². The van der Waals surface area contributed by atoms with Crippen LogP contribution in [0.25, 0.3) is 0 Å². The molecule has 4 heteroatoms. The van der Waals surface area contributed by atoms with Crippen molar-refractivity contribution in [1.29, 1.82) is 0 Å². The molecule has 0 bridgehead atoms. The lowest BCUT2D eigenvalue weighted by Crippen LogP contribution is -2.43. The lowest BCUT2D eigenvalue weighted by Gasteiger charge is -2.36. The van der Waals surface area contributed by atoms with Crippen molar-refractivity contribution in [2.45, 2.75) is 77.4 Å². The SMILES string of the molecule is CCC1(C(=O)C(O)C2CCC(C(O)C(=O)C3(CC)C4C5CC543)CC2)C2C3CC321. The highest BCUT2D eigenvalue weighted by Gasteiger charge is 3.06. The number of carbonyl (C=O) groups is 2. The first-order valence-corrected chi connectivity index (χ1v) is 11.8. The van der Waals surface area contributed by atoms with Crippen molar-refractivity contribution in [2.75, 3.05) is 0 Å². The van der Waals surface area contributed by atoms with Gasteiger partial charge in [-0.05, 0) is 97.7 Å². The smallest absolute Gasteiger partial charge is 0.168 e. The number of aliphatic hydroxyl groups excluding tert-OH is 2. The van der Waals surface area contributed by atoms with Crippen LogP contribution in [0, 0.1) is 57.2 Å². The molecule has 152 valence electrons. The average molecular weight is 385 g/mol. The standard InChI is InChI=1S/C24H32O4/c1-3-21(17-13-9-23(13,17)21)19(27)15(25)11-5-7-12(8-6-11)16(26)20(28)22(4-2)18-14-10-24(14,18)22/h11-18,25-26H,3-10H2,1-2H3. The van der Waals surface area contributed by atoms with Crippen LogP contribution < -0.4 is 0 Å². The molecule has 4 nitrogen and oxygen atoms in total. The zero-order chi connectivity index (χ0) is 19.4. The Bertz CT molecular complexity index is 760. The minimum atomic E-state index is -0.832. The third-order valence-corrected chi connectivity index (χ3v) is 11.6. The van der Waals surface area contributed by atoms with Gasteiger partial charge in [-0.3, -0.25) is 9.59 Å². The maximum absolute atomic E-state index is 13.1. The Morgan fingerprint density at radius 2 is 1.11 bits per heavy atom. The fraction of sp³-hybridized carbons (Fsp3) is 0.917. The van der Waals surface area contributed by atoms with Crippen LogP contribution in [-0.4, -0.2) is 34.0 Å². The predicted molar refractivity (Wildman–Crippen MR) is 101 cm³/mol. The van der Waals surface area contributed by atoms with Crippen molar-refractivity contribution < 1.29 is 19.8 Å². The summed E-state index contributed by atoms with van der Waals surface area (Å²) in [5, 5.41) is 21.7. The summed E-state index contributed by atoms with van der Waals surface area (Å²) in [5.74, 6) is 3.10. The summed E-state index contributed by atoms with van der Waals surface area (Å²) in [6.07, 6.45) is 5.59. The molecule has 10 unspecified atom stereocenters. The van der Waals surface area contributed by atoms with Gasteiger partial charge in [-0.2, -0.15) is 0 Å². The molecule has 7 saturated carbocycles. The molecule has 2 N–H and O–H groups in total. The van der Waals surface area contributed by atoms with E-state index in [1.54, 1.807) is 0 Å². The van der Waals surface area contributed by atoms with Gasteiger partial charge in [0, 0.05) is 10.8 Å². The minimum absolute atomic E-state index is 0.0175. The van der Waals surface area contributed by atoms with Crippen LogP contribution in [-0.2, 0) is 9.59 Å². The number of hydrogen-bond donors (Lipinski definition) is 2. The van der Waals surface area contributed by atoms with Crippen LogP contribution in [0.15, 0.2) is 0 Å². The highest BCUT2D eigenvalue weighted by Crippen LogP contribution is 3.08. The van der Waals surface area contributed by atoms with E-state index in [0.717, 1.165) is 50.4 Å². The number of fused-ring (bicyclic) bond motifs is 2. The number of carbonyl (C=O) groups excluding carboxylic acids is 2. The van der Waals surface area contributed by atoms with E-state index in [0.29, 0.717) is 22.7 Å². The van der Waals surface area contributed by atoms with Gasteiger partial charge in [0.15, 0.2) is 11.6 Å². The highest BCUT2D eigenvalue weighted by molar-refractivity contribution is 5.99. The van der Waals surface area contributed by atoms with Crippen molar-refractivity contribution in [3.8, 4) is 0 Å². The first-order chi connectivity index (χ1) is 13.4. The van der Waals surface area contributed by atoms with E-state index >= 15 is 0 Å². The third-order valence-electron chi connectivity index (χ3n) is 11.6. The van der Waals surface area contributed by atoms with Crippen LogP contribution in [0.3, 0.4) is 0 Å². The van der Waals surface area contributed by atoms with Gasteiger partial charge in [0.25, 0.3) is 0 Å². The lowest BCUT2D eigenvalue weighted by atomic mass is 9.71. The summed E-state index contributed by atoms with van der Waals surface area (Å²) >= 11 is 0. The Morgan fingerprint density at radius 1 is 0.786 bits per heavy atom. The van der Waals surface area contributed by atoms with Gasteiger partial charge in [-0.15, -0.1) is 0 Å². The second kappa shape index (κ2) is 4.46. The summed E-state index contributed by atoms with van der Waals surface area (Å²) in [4.78, 5) is 26.1. The van der Waals surface area contributed by atoms with E-state index in [-0.39, 0.29) is 34.2 Å². The molecule has 0 amide bonds. The largest absolute Gasteiger partial charge is 0.385 e. The molecule has 7 fully saturated rings. The van der Waals surface area contributed by atoms with Gasteiger partial charge in [-0.1, -0.05) is 13.8 Å². The predicted octanol–water partition coefficient (Wildman–Crippen LogP) is 2.75. The number of Topliss-reactive ketones (excluding diaryl/α,β-unsaturated/α-hetero) is 2. The number of hydrogen-bond acceptors (Lipinski definition) is 4. The van der Waals surface area contributed by atoms with Gasteiger partial charge in [0.2, 0.25) is 0 Å². The summed E-state index contributed by atoms with van der Waals surface area (Å²) < 4.78 is 0. The van der Waals surface area contributed by atoms with Crippen LogP contribution >= 0.6 is 0 Å². The number of ketones is 2. The van der Waals surface area contributed by atoms with Crippen molar-refractivity contribution in [2.24, 2.45) is 57.2 Å². The molecule has 10 atom stereocenters. The summed E-state index contributed by atoms with van der Waals surface area (Å²) in [7, 11) is 0. The Labute approximate surface area is 166 Å². The zero-order valence-electron chi connectivity index (χ0n) is 17.0. The monoisotopic (exact) mass is 384 g/mol. The normalized spacial score (nSPS) is 62.3. The molecule has 7 aliphatic carbocycles. The van der Waals surface area contributed by atoms with Gasteiger partial charge in [-0.25, -0.2) is 0 Å². The second-order valence-electron chi connectivity index (χ2n) is 11.6. The number of rotatable bonds is 8. The van der Waals surface area contributed by atoms with Crippen molar-refractivity contribution in [3.05, 3.63) is 0 Å². The van der Waals surface area contributed by atoms with E-state index in [1.807, 2.05) is 0 Å². The van der Waals surface area contributed by atoms with Crippen LogP contribution in [0.5, 0.6) is 0 Å². The molecular formula is C24H32O4. The molecule has 7 aliphatic rings. The molecular weight excluding hydrogens is 352 g/mol. The van der Waals surface area contributed by atoms with Crippen LogP contribution in [0.4, 0.5) is 0 Å². The molecule has 0 saturated heterocycles. The maximum atomic E-state index is 13.1. The summed E-state index contributed by atoms with van der Waals surface area (Å²) in [5.41, 5.74) is 0.312. The highest BCUT2D eigenvalue weighted by atomic mass is 16.3. The second-order valence-corrected chi connectivity index (χ2v) is 11.6. The summed E-state index contributed by atoms with van der Waals surface area (Å²) in [6.45, 7) is 4.21. The maximum Gasteiger partial charge on any atom is 0.168 e. The fourth-order valence-electron chi connectivity index (χ4n) is 9.60. The van der Waals surface area contributed by atoms with E-state index in [1.165, 1.54) is 12.8 Å². The average Bonchev–Trinajstić information content (AvgIpc) is 3.48. The van der Waals surface area contributed by atoms with Crippen LogP contribution in [0.1, 0.15) is 65.2 Å².